The Labute approximate surface area is 69.8 Å². The Hall–Kier alpha value is -0.900. The van der Waals surface area contributed by atoms with Crippen LogP contribution in [0.25, 0.3) is 0 Å². The molecule has 0 aromatic heterocycles. The summed E-state index contributed by atoms with van der Waals surface area (Å²) in [5.74, 6) is -1.05. The van der Waals surface area contributed by atoms with Crippen molar-refractivity contribution in [3.8, 4) is 0 Å². The van der Waals surface area contributed by atoms with Crippen LogP contribution in [0.2, 0.25) is 0 Å². The lowest BCUT2D eigenvalue weighted by Crippen LogP contribution is -2.27. The van der Waals surface area contributed by atoms with Gasteiger partial charge in [0, 0.05) is 6.42 Å². The molecule has 0 amide bonds. The van der Waals surface area contributed by atoms with Gasteiger partial charge < -0.3 is 9.84 Å². The standard InChI is InChI=1S/C8H11FO3/c1-2-7(11)12-8-5(9)3-4-6(8)10/h3,6,8,10H,2,4H2,1H3/t6-,8+/m1/s1. The van der Waals surface area contributed by atoms with Gasteiger partial charge in [-0.15, -0.1) is 0 Å². The molecule has 1 aliphatic carbocycles. The third-order valence-electron chi connectivity index (χ3n) is 1.72. The summed E-state index contributed by atoms with van der Waals surface area (Å²) in [5.41, 5.74) is 0. The van der Waals surface area contributed by atoms with Gasteiger partial charge in [0.1, 0.15) is 11.9 Å². The fraction of sp³-hybridized carbons (Fsp3) is 0.625. The highest BCUT2D eigenvalue weighted by atomic mass is 19.1. The van der Waals surface area contributed by atoms with Crippen molar-refractivity contribution >= 4 is 5.97 Å². The van der Waals surface area contributed by atoms with Crippen LogP contribution in [0.1, 0.15) is 19.8 Å². The molecule has 2 atom stereocenters. The third kappa shape index (κ3) is 1.82. The topological polar surface area (TPSA) is 46.5 Å². The van der Waals surface area contributed by atoms with Crippen molar-refractivity contribution in [1.29, 1.82) is 0 Å². The lowest BCUT2D eigenvalue weighted by molar-refractivity contribution is -0.152. The van der Waals surface area contributed by atoms with Gasteiger partial charge in [0.15, 0.2) is 6.10 Å². The second kappa shape index (κ2) is 3.67. The number of esters is 1. The molecule has 1 N–H and O–H groups in total. The predicted octanol–water partition coefficient (Wildman–Crippen LogP) is 0.926. The van der Waals surface area contributed by atoms with Gasteiger partial charge in [0.25, 0.3) is 0 Å². The number of halogens is 1. The number of aliphatic hydroxyl groups excluding tert-OH is 1. The number of hydrogen-bond donors (Lipinski definition) is 1. The fourth-order valence-corrected chi connectivity index (χ4v) is 1.02. The van der Waals surface area contributed by atoms with Gasteiger partial charge in [0.05, 0.1) is 0 Å². The average molecular weight is 174 g/mol. The van der Waals surface area contributed by atoms with Gasteiger partial charge in [-0.1, -0.05) is 6.92 Å². The van der Waals surface area contributed by atoms with E-state index in [1.165, 1.54) is 6.08 Å². The quantitative estimate of drug-likeness (QED) is 0.633. The highest BCUT2D eigenvalue weighted by Crippen LogP contribution is 2.23. The van der Waals surface area contributed by atoms with Crippen molar-refractivity contribution in [2.24, 2.45) is 0 Å². The van der Waals surface area contributed by atoms with Crippen LogP contribution in [0, 0.1) is 0 Å². The number of aliphatic hydroxyl groups is 1. The molecule has 0 saturated heterocycles. The first kappa shape index (κ1) is 9.19. The molecule has 4 heteroatoms. The summed E-state index contributed by atoms with van der Waals surface area (Å²) in [6, 6.07) is 0. The molecule has 0 bridgehead atoms. The molecule has 68 valence electrons. The minimum Gasteiger partial charge on any atom is -0.452 e. The molecule has 0 fully saturated rings. The highest BCUT2D eigenvalue weighted by Gasteiger charge is 2.31. The van der Waals surface area contributed by atoms with E-state index in [9.17, 15) is 9.18 Å². The molecule has 1 rings (SSSR count). The number of carbonyl (C=O) groups excluding carboxylic acids is 1. The van der Waals surface area contributed by atoms with Gasteiger partial charge in [0.2, 0.25) is 0 Å². The Balaban J connectivity index is 2.51. The Morgan fingerprint density at radius 1 is 1.92 bits per heavy atom. The first-order chi connectivity index (χ1) is 5.65. The van der Waals surface area contributed by atoms with Gasteiger partial charge in [-0.05, 0) is 12.5 Å². The van der Waals surface area contributed by atoms with E-state index in [2.05, 4.69) is 4.74 Å². The molecule has 0 spiro atoms. The predicted molar refractivity (Wildman–Crippen MR) is 40.0 cm³/mol. The van der Waals surface area contributed by atoms with E-state index in [1.54, 1.807) is 6.92 Å². The maximum absolute atomic E-state index is 12.8. The number of carbonyl (C=O) groups is 1. The summed E-state index contributed by atoms with van der Waals surface area (Å²) < 4.78 is 17.4. The van der Waals surface area contributed by atoms with Crippen LogP contribution in [-0.2, 0) is 9.53 Å². The number of hydrogen-bond acceptors (Lipinski definition) is 3. The normalized spacial score (nSPS) is 28.4. The Kier molecular flexibility index (Phi) is 2.81. The molecular weight excluding hydrogens is 163 g/mol. The molecule has 1 aliphatic rings. The van der Waals surface area contributed by atoms with Gasteiger partial charge in [-0.3, -0.25) is 4.79 Å². The maximum Gasteiger partial charge on any atom is 0.306 e. The third-order valence-corrected chi connectivity index (χ3v) is 1.72. The summed E-state index contributed by atoms with van der Waals surface area (Å²) in [4.78, 5) is 10.7. The van der Waals surface area contributed by atoms with Crippen LogP contribution in [0.5, 0.6) is 0 Å². The first-order valence-corrected chi connectivity index (χ1v) is 3.88. The average Bonchev–Trinajstić information content (AvgIpc) is 2.35. The molecule has 0 unspecified atom stereocenters. The minimum absolute atomic E-state index is 0.191. The lowest BCUT2D eigenvalue weighted by Gasteiger charge is -2.15. The minimum atomic E-state index is -1.07. The number of ether oxygens (including phenoxy) is 1. The largest absolute Gasteiger partial charge is 0.452 e. The summed E-state index contributed by atoms with van der Waals surface area (Å²) in [6.07, 6.45) is -0.347. The Morgan fingerprint density at radius 3 is 3.00 bits per heavy atom. The van der Waals surface area contributed by atoms with E-state index in [-0.39, 0.29) is 12.8 Å². The zero-order valence-corrected chi connectivity index (χ0v) is 6.79. The molecule has 0 aromatic rings. The Morgan fingerprint density at radius 2 is 2.58 bits per heavy atom. The van der Waals surface area contributed by atoms with Crippen LogP contribution in [0.3, 0.4) is 0 Å². The van der Waals surface area contributed by atoms with Crippen LogP contribution >= 0.6 is 0 Å². The monoisotopic (exact) mass is 174 g/mol. The summed E-state index contributed by atoms with van der Waals surface area (Å²) in [7, 11) is 0. The second-order valence-corrected chi connectivity index (χ2v) is 2.66. The van der Waals surface area contributed by atoms with Crippen molar-refractivity contribution in [2.75, 3.05) is 0 Å². The van der Waals surface area contributed by atoms with Gasteiger partial charge in [-0.25, -0.2) is 4.39 Å². The zero-order valence-electron chi connectivity index (χ0n) is 6.79. The van der Waals surface area contributed by atoms with Crippen LogP contribution in [0.4, 0.5) is 4.39 Å². The highest BCUT2D eigenvalue weighted by molar-refractivity contribution is 5.69. The van der Waals surface area contributed by atoms with Crippen molar-refractivity contribution in [3.05, 3.63) is 11.9 Å². The van der Waals surface area contributed by atoms with Gasteiger partial charge >= 0.3 is 5.97 Å². The van der Waals surface area contributed by atoms with Crippen molar-refractivity contribution in [3.63, 3.8) is 0 Å². The lowest BCUT2D eigenvalue weighted by atomic mass is 10.2. The van der Waals surface area contributed by atoms with Gasteiger partial charge in [-0.2, -0.15) is 0 Å². The molecule has 0 aromatic carbocycles. The zero-order chi connectivity index (χ0) is 9.14. The fourth-order valence-electron chi connectivity index (χ4n) is 1.02. The maximum atomic E-state index is 12.8. The van der Waals surface area contributed by atoms with E-state index in [0.717, 1.165) is 0 Å². The van der Waals surface area contributed by atoms with E-state index < -0.39 is 24.0 Å². The second-order valence-electron chi connectivity index (χ2n) is 2.66. The molecule has 3 nitrogen and oxygen atoms in total. The van der Waals surface area contributed by atoms with Crippen LogP contribution in [0.15, 0.2) is 11.9 Å². The molecular formula is C8H11FO3. The van der Waals surface area contributed by atoms with Crippen molar-refractivity contribution in [2.45, 2.75) is 32.0 Å². The summed E-state index contributed by atoms with van der Waals surface area (Å²) >= 11 is 0. The van der Waals surface area contributed by atoms with E-state index in [4.69, 9.17) is 5.11 Å². The molecule has 12 heavy (non-hydrogen) atoms. The number of rotatable bonds is 2. The van der Waals surface area contributed by atoms with Crippen LogP contribution < -0.4 is 0 Å². The smallest absolute Gasteiger partial charge is 0.306 e. The summed E-state index contributed by atoms with van der Waals surface area (Å²) in [5, 5.41) is 9.13. The molecule has 0 saturated carbocycles. The van der Waals surface area contributed by atoms with E-state index in [1.807, 2.05) is 0 Å². The van der Waals surface area contributed by atoms with Crippen LogP contribution in [-0.4, -0.2) is 23.3 Å². The molecule has 0 aliphatic heterocycles. The van der Waals surface area contributed by atoms with Crippen molar-refractivity contribution in [1.82, 2.24) is 0 Å². The summed E-state index contributed by atoms with van der Waals surface area (Å²) in [6.45, 7) is 1.62. The van der Waals surface area contributed by atoms with Crippen molar-refractivity contribution < 1.29 is 19.0 Å². The first-order valence-electron chi connectivity index (χ1n) is 3.88. The molecule has 0 heterocycles. The molecule has 0 radical (unpaired) electrons. The SMILES string of the molecule is CCC(=O)O[C@H]1C(F)=CC[C@H]1O. The van der Waals surface area contributed by atoms with E-state index in [0.29, 0.717) is 0 Å². The Bertz CT molecular complexity index is 212. The van der Waals surface area contributed by atoms with E-state index >= 15 is 0 Å².